The summed E-state index contributed by atoms with van der Waals surface area (Å²) in [4.78, 5) is 92.7. The van der Waals surface area contributed by atoms with Crippen molar-refractivity contribution < 1.29 is 33.9 Å². The molecule has 318 valence electrons. The van der Waals surface area contributed by atoms with Crippen molar-refractivity contribution in [2.24, 2.45) is 40.5 Å². The standard InChI is InChI=1S/C41H62N10O7/c1-25(43)29-15-17-50(41(58)51(40(57)31(44)14-8-9-16-42)36(54)21-35(53)32(45)18-26-10-4-2-5-11-26)37(30(29)23-52)38(55)34(20-28-22-47-24-48-28)49-39(56)33(46)19-27-12-6-3-7-13-27/h3,6-7,12-13,22,24-26,29,31-35,37,53H,2,4-5,8-11,14-21,42-46H2,1H3,(H,47,48)(H,49,56)/t25?,29-,31+,32?,33+,34+,35+,37?/m1/s1. The van der Waals surface area contributed by atoms with Gasteiger partial charge < -0.3 is 49.0 Å². The number of aromatic amines is 1. The summed E-state index contributed by atoms with van der Waals surface area (Å²) in [5, 5.41) is 13.9. The van der Waals surface area contributed by atoms with Gasteiger partial charge in [0.05, 0.1) is 42.7 Å². The van der Waals surface area contributed by atoms with Gasteiger partial charge in [0, 0.05) is 42.7 Å². The highest BCUT2D eigenvalue weighted by Crippen LogP contribution is 2.32. The molecule has 17 heteroatoms. The van der Waals surface area contributed by atoms with Crippen LogP contribution in [0.25, 0.3) is 0 Å². The van der Waals surface area contributed by atoms with Gasteiger partial charge in [0.25, 0.3) is 5.91 Å². The SMILES string of the molecule is CC(N)[C@H]1CCN(C(=O)N(C(=O)C[C@H](O)C(N)CC2CCCCC2)C(=O)[C@@H](N)CCCCN)C(C(=O)[C@H](Cc2c[nH]cn2)NC(=O)[C@@H](N)Cc2ccccc2)C1=C=O. The molecule has 4 rings (SSSR count). The fourth-order valence-electron chi connectivity index (χ4n) is 8.03. The molecule has 1 aliphatic heterocycles. The van der Waals surface area contributed by atoms with E-state index in [-0.39, 0.29) is 43.7 Å². The number of H-pyrrole nitrogens is 1. The number of amides is 5. The van der Waals surface area contributed by atoms with E-state index >= 15 is 0 Å². The Labute approximate surface area is 339 Å². The quantitative estimate of drug-likeness (QED) is 0.0703. The Bertz CT molecular complexity index is 1710. The zero-order chi connectivity index (χ0) is 42.4. The molecule has 2 aromatic rings. The van der Waals surface area contributed by atoms with Crippen molar-refractivity contribution in [3.63, 3.8) is 0 Å². The average Bonchev–Trinajstić information content (AvgIpc) is 3.73. The average molecular weight is 807 g/mol. The number of imide groups is 3. The fraction of sp³-hybridized carbons (Fsp3) is 0.610. The Morgan fingerprint density at radius 2 is 1.71 bits per heavy atom. The zero-order valence-electron chi connectivity index (χ0n) is 33.5. The van der Waals surface area contributed by atoms with Gasteiger partial charge in [0.1, 0.15) is 12.0 Å². The molecule has 1 saturated carbocycles. The van der Waals surface area contributed by atoms with Gasteiger partial charge in [0.15, 0.2) is 5.78 Å². The number of benzene rings is 1. The second kappa shape index (κ2) is 22.5. The predicted octanol–water partition coefficient (Wildman–Crippen LogP) is 0.352. The van der Waals surface area contributed by atoms with Gasteiger partial charge in [-0.3, -0.25) is 19.2 Å². The van der Waals surface area contributed by atoms with Crippen molar-refractivity contribution in [2.45, 2.75) is 133 Å². The number of hydrogen-bond acceptors (Lipinski definition) is 13. The van der Waals surface area contributed by atoms with E-state index in [2.05, 4.69) is 15.3 Å². The first kappa shape index (κ1) is 46.1. The summed E-state index contributed by atoms with van der Waals surface area (Å²) in [7, 11) is 0. The van der Waals surface area contributed by atoms with Crippen LogP contribution in [0.5, 0.6) is 0 Å². The van der Waals surface area contributed by atoms with E-state index < -0.39 is 84.2 Å². The Kier molecular flexibility index (Phi) is 17.9. The minimum Gasteiger partial charge on any atom is -0.391 e. The van der Waals surface area contributed by atoms with E-state index in [0.717, 1.165) is 42.6 Å². The lowest BCUT2D eigenvalue weighted by atomic mass is 9.79. The lowest BCUT2D eigenvalue weighted by Crippen LogP contribution is -2.64. The van der Waals surface area contributed by atoms with Crippen molar-refractivity contribution in [3.8, 4) is 0 Å². The van der Waals surface area contributed by atoms with E-state index in [4.69, 9.17) is 28.7 Å². The summed E-state index contributed by atoms with van der Waals surface area (Å²) in [6.07, 6.45) is 7.55. The smallest absolute Gasteiger partial charge is 0.334 e. The fourth-order valence-corrected chi connectivity index (χ4v) is 8.03. The van der Waals surface area contributed by atoms with Crippen LogP contribution in [0, 0.1) is 11.8 Å². The van der Waals surface area contributed by atoms with Crippen molar-refractivity contribution >= 4 is 35.5 Å². The number of urea groups is 1. The minimum absolute atomic E-state index is 0.0871. The number of aliphatic hydroxyl groups is 1. The molecule has 0 bridgehead atoms. The number of likely N-dealkylation sites (tertiary alicyclic amines) is 1. The van der Waals surface area contributed by atoms with Gasteiger partial charge in [0.2, 0.25) is 11.8 Å². The predicted molar refractivity (Wildman–Crippen MR) is 217 cm³/mol. The summed E-state index contributed by atoms with van der Waals surface area (Å²) in [5.41, 5.74) is 31.9. The second-order valence-electron chi connectivity index (χ2n) is 15.8. The summed E-state index contributed by atoms with van der Waals surface area (Å²) < 4.78 is 0. The Balaban J connectivity index is 1.70. The molecule has 1 aromatic heterocycles. The number of rotatable bonds is 19. The zero-order valence-corrected chi connectivity index (χ0v) is 33.5. The molecular weight excluding hydrogens is 745 g/mol. The third-order valence-electron chi connectivity index (χ3n) is 11.4. The van der Waals surface area contributed by atoms with E-state index in [1.165, 1.54) is 12.5 Å². The van der Waals surface area contributed by atoms with Crippen molar-refractivity contribution in [1.82, 2.24) is 25.1 Å². The molecule has 2 heterocycles. The molecule has 13 N–H and O–H groups in total. The molecule has 1 aliphatic carbocycles. The normalized spacial score (nSPS) is 20.5. The maximum Gasteiger partial charge on any atom is 0.334 e. The van der Waals surface area contributed by atoms with Crippen LogP contribution in [0.15, 0.2) is 48.4 Å². The van der Waals surface area contributed by atoms with Crippen LogP contribution in [0.4, 0.5) is 4.79 Å². The Morgan fingerprint density at radius 1 is 1.00 bits per heavy atom. The van der Waals surface area contributed by atoms with Gasteiger partial charge in [-0.15, -0.1) is 0 Å². The molecule has 2 fully saturated rings. The van der Waals surface area contributed by atoms with E-state index in [9.17, 15) is 33.9 Å². The number of nitrogens with one attached hydrogen (secondary N) is 2. The van der Waals surface area contributed by atoms with Crippen LogP contribution in [0.3, 0.4) is 0 Å². The lowest BCUT2D eigenvalue weighted by molar-refractivity contribution is -0.144. The van der Waals surface area contributed by atoms with E-state index in [0.29, 0.717) is 36.4 Å². The monoisotopic (exact) mass is 806 g/mol. The number of ketones is 1. The number of carbonyl (C=O) groups is 5. The van der Waals surface area contributed by atoms with Gasteiger partial charge in [-0.2, -0.15) is 4.90 Å². The number of aromatic nitrogens is 2. The summed E-state index contributed by atoms with van der Waals surface area (Å²) >= 11 is 0. The van der Waals surface area contributed by atoms with Crippen molar-refractivity contribution in [3.05, 3.63) is 59.7 Å². The maximum absolute atomic E-state index is 14.9. The number of piperidine rings is 1. The number of unbranched alkanes of at least 4 members (excludes halogenated alkanes) is 1. The lowest BCUT2D eigenvalue weighted by Gasteiger charge is -2.43. The Morgan fingerprint density at radius 3 is 2.33 bits per heavy atom. The molecule has 58 heavy (non-hydrogen) atoms. The first-order valence-corrected chi connectivity index (χ1v) is 20.5. The van der Waals surface area contributed by atoms with Crippen molar-refractivity contribution in [2.75, 3.05) is 13.1 Å². The van der Waals surface area contributed by atoms with Crippen LogP contribution in [-0.4, -0.2) is 116 Å². The first-order valence-electron chi connectivity index (χ1n) is 20.5. The highest BCUT2D eigenvalue weighted by molar-refractivity contribution is 6.13. The summed E-state index contributed by atoms with van der Waals surface area (Å²) in [6.45, 7) is 1.76. The molecular formula is C41H62N10O7. The number of hydrogen-bond donors (Lipinski definition) is 8. The van der Waals surface area contributed by atoms with Crippen LogP contribution in [-0.2, 0) is 36.8 Å². The number of imidazole rings is 1. The van der Waals surface area contributed by atoms with Gasteiger partial charge >= 0.3 is 6.03 Å². The number of nitrogens with zero attached hydrogens (tertiary/aromatic N) is 3. The number of nitrogens with two attached hydrogens (primary N) is 5. The van der Waals surface area contributed by atoms with Crippen LogP contribution in [0.2, 0.25) is 0 Å². The molecule has 17 nitrogen and oxygen atoms in total. The van der Waals surface area contributed by atoms with E-state index in [1.54, 1.807) is 19.1 Å². The molecule has 3 unspecified atom stereocenters. The highest BCUT2D eigenvalue weighted by atomic mass is 16.3. The first-order chi connectivity index (χ1) is 27.8. The molecule has 5 amide bonds. The molecule has 1 aromatic carbocycles. The third kappa shape index (κ3) is 12.4. The van der Waals surface area contributed by atoms with Crippen molar-refractivity contribution in [1.29, 1.82) is 0 Å². The van der Waals surface area contributed by atoms with Gasteiger partial charge in [-0.05, 0) is 57.1 Å². The topological polar surface area (TPSA) is 300 Å². The number of Topliss-reactive ketones (excluding diaryl/α,β-unsaturated/α-hetero) is 1. The van der Waals surface area contributed by atoms with E-state index in [1.807, 2.05) is 24.1 Å². The molecule has 2 aliphatic rings. The van der Waals surface area contributed by atoms with Crippen LogP contribution < -0.4 is 34.0 Å². The van der Waals surface area contributed by atoms with Crippen LogP contribution >= 0.6 is 0 Å². The Hall–Kier alpha value is -4.61. The highest BCUT2D eigenvalue weighted by Gasteiger charge is 2.48. The second-order valence-corrected chi connectivity index (χ2v) is 15.8. The number of carbonyl (C=O) groups excluding carboxylic acids is 6. The minimum atomic E-state index is -1.72. The number of aliphatic hydroxyl groups excluding tert-OH is 1. The molecule has 0 radical (unpaired) electrons. The largest absolute Gasteiger partial charge is 0.391 e. The van der Waals surface area contributed by atoms with Gasteiger partial charge in [-0.25, -0.2) is 14.6 Å². The maximum atomic E-state index is 14.9. The molecule has 8 atom stereocenters. The molecule has 0 spiro atoms. The van der Waals surface area contributed by atoms with Crippen LogP contribution in [0.1, 0.15) is 88.8 Å². The summed E-state index contributed by atoms with van der Waals surface area (Å²) in [6, 6.07) is 0.830. The summed E-state index contributed by atoms with van der Waals surface area (Å²) in [5.74, 6) is -2.22. The molecule has 1 saturated heterocycles. The van der Waals surface area contributed by atoms with Gasteiger partial charge in [-0.1, -0.05) is 68.9 Å². The third-order valence-corrected chi connectivity index (χ3v) is 11.4.